The third-order valence-electron chi connectivity index (χ3n) is 0.579. The number of hydrogen-bond acceptors (Lipinski definition) is 3. The van der Waals surface area contributed by atoms with Gasteiger partial charge in [0.15, 0.2) is 1.43 Å². The summed E-state index contributed by atoms with van der Waals surface area (Å²) < 4.78 is 3.70. The van der Waals surface area contributed by atoms with Crippen LogP contribution in [0, 0.1) is 0 Å². The van der Waals surface area contributed by atoms with Crippen LogP contribution in [0.2, 0.25) is 0 Å². The zero-order chi connectivity index (χ0) is 8.20. The summed E-state index contributed by atoms with van der Waals surface area (Å²) >= 11 is 3.72. The van der Waals surface area contributed by atoms with E-state index in [1.54, 1.807) is 0 Å². The number of carbonyl (C=O) groups is 2. The second kappa shape index (κ2) is 4.31. The average Bonchev–Trinajstić information content (AvgIpc) is 1.85. The van der Waals surface area contributed by atoms with Gasteiger partial charge in [-0.25, -0.2) is 4.79 Å². The minimum absolute atomic E-state index is 0.00690. The lowest BCUT2D eigenvalue weighted by Gasteiger charge is -2.10. The predicted octanol–water partition coefficient (Wildman–Crippen LogP) is 0.847. The molecular formula is C4H5I2NO3. The minimum Gasteiger partial charge on any atom is -0.447 e. The molecule has 0 atom stereocenters. The molecule has 0 saturated heterocycles. The molecule has 6 heteroatoms. The fourth-order valence-electron chi connectivity index (χ4n) is 0.201. The van der Waals surface area contributed by atoms with Gasteiger partial charge in [0.2, 0.25) is 0 Å². The highest BCUT2D eigenvalue weighted by Gasteiger charge is 2.22. The summed E-state index contributed by atoms with van der Waals surface area (Å²) in [6.07, 6.45) is -0.170. The molecule has 0 aromatic heterocycles. The van der Waals surface area contributed by atoms with Crippen LogP contribution in [0.15, 0.2) is 0 Å². The number of rotatable bonds is 3. The van der Waals surface area contributed by atoms with Gasteiger partial charge in [-0.15, -0.1) is 0 Å². The van der Waals surface area contributed by atoms with Crippen molar-refractivity contribution in [2.75, 3.05) is 6.61 Å². The molecule has 0 radical (unpaired) electrons. The van der Waals surface area contributed by atoms with Crippen molar-refractivity contribution >= 4 is 57.6 Å². The van der Waals surface area contributed by atoms with Crippen molar-refractivity contribution < 1.29 is 14.3 Å². The minimum atomic E-state index is -0.862. The normalized spacial score (nSPS) is 10.6. The summed E-state index contributed by atoms with van der Waals surface area (Å²) in [7, 11) is 0. The molecule has 10 heavy (non-hydrogen) atoms. The largest absolute Gasteiger partial charge is 0.447 e. The highest BCUT2D eigenvalue weighted by atomic mass is 127. The number of primary amides is 1. The van der Waals surface area contributed by atoms with Gasteiger partial charge in [-0.05, 0) is 0 Å². The zero-order valence-electron chi connectivity index (χ0n) is 4.84. The van der Waals surface area contributed by atoms with E-state index in [1.807, 2.05) is 45.2 Å². The summed E-state index contributed by atoms with van der Waals surface area (Å²) in [6, 6.07) is 0. The van der Waals surface area contributed by atoms with Gasteiger partial charge >= 0.3 is 6.09 Å². The number of carbonyl (C=O) groups excluding carboxylic acids is 2. The van der Waals surface area contributed by atoms with Crippen LogP contribution in [-0.2, 0) is 9.53 Å². The van der Waals surface area contributed by atoms with Crippen LogP contribution in [0.25, 0.3) is 0 Å². The molecule has 0 aliphatic heterocycles. The first-order valence-electron chi connectivity index (χ1n) is 2.24. The Morgan fingerprint density at radius 2 is 2.20 bits per heavy atom. The van der Waals surface area contributed by atoms with Crippen LogP contribution in [-0.4, -0.2) is 20.4 Å². The molecule has 0 aromatic carbocycles. The first-order chi connectivity index (χ1) is 4.48. The van der Waals surface area contributed by atoms with Gasteiger partial charge in [0, 0.05) is 0 Å². The van der Waals surface area contributed by atoms with E-state index in [2.05, 4.69) is 10.5 Å². The standard InChI is InChI=1S/C4H5I2NO3/c5-4(6,1-8)2-10-3(7)9/h1H,2H2,(H2,7,9). The molecule has 58 valence electrons. The lowest BCUT2D eigenvalue weighted by atomic mass is 10.5. The molecule has 0 fully saturated rings. The number of nitrogens with two attached hydrogens (primary N) is 1. The third kappa shape index (κ3) is 5.21. The molecule has 0 aliphatic carbocycles. The van der Waals surface area contributed by atoms with E-state index < -0.39 is 7.52 Å². The van der Waals surface area contributed by atoms with Crippen LogP contribution < -0.4 is 5.73 Å². The van der Waals surface area contributed by atoms with Crippen molar-refractivity contribution in [1.29, 1.82) is 0 Å². The number of amides is 1. The van der Waals surface area contributed by atoms with E-state index in [1.165, 1.54) is 0 Å². The van der Waals surface area contributed by atoms with Crippen LogP contribution in [0.4, 0.5) is 4.79 Å². The molecule has 0 bridgehead atoms. The van der Waals surface area contributed by atoms with E-state index in [0.717, 1.165) is 0 Å². The zero-order valence-corrected chi connectivity index (χ0v) is 9.16. The number of ether oxygens (including phenoxy) is 1. The molecule has 4 nitrogen and oxygen atoms in total. The number of hydrogen-bond donors (Lipinski definition) is 1. The lowest BCUT2D eigenvalue weighted by Crippen LogP contribution is -2.25. The Labute approximate surface area is 85.1 Å². The van der Waals surface area contributed by atoms with Crippen molar-refractivity contribution in [2.45, 2.75) is 1.43 Å². The van der Waals surface area contributed by atoms with Gasteiger partial charge in [0.1, 0.15) is 12.9 Å². The van der Waals surface area contributed by atoms with E-state index in [0.29, 0.717) is 6.29 Å². The smallest absolute Gasteiger partial charge is 0.404 e. The second-order valence-electron chi connectivity index (χ2n) is 1.49. The van der Waals surface area contributed by atoms with Gasteiger partial charge in [-0.3, -0.25) is 0 Å². The fourth-order valence-corrected chi connectivity index (χ4v) is 0.513. The third-order valence-corrected chi connectivity index (χ3v) is 1.71. The van der Waals surface area contributed by atoms with Gasteiger partial charge < -0.3 is 15.3 Å². The van der Waals surface area contributed by atoms with Crippen LogP contribution in [0.3, 0.4) is 0 Å². The molecule has 0 spiro atoms. The quantitative estimate of drug-likeness (QED) is 0.456. The molecule has 0 rings (SSSR count). The van der Waals surface area contributed by atoms with Crippen molar-refractivity contribution in [3.8, 4) is 0 Å². The maximum Gasteiger partial charge on any atom is 0.404 e. The summed E-state index contributed by atoms with van der Waals surface area (Å²) in [5.74, 6) is 0. The molecule has 0 heterocycles. The summed E-state index contributed by atoms with van der Waals surface area (Å²) in [5.41, 5.74) is 4.67. The highest BCUT2D eigenvalue weighted by molar-refractivity contribution is 14.2. The predicted molar refractivity (Wildman–Crippen MR) is 52.4 cm³/mol. The van der Waals surface area contributed by atoms with E-state index in [-0.39, 0.29) is 6.61 Å². The number of aldehydes is 1. The van der Waals surface area contributed by atoms with Crippen molar-refractivity contribution in [2.24, 2.45) is 5.73 Å². The van der Waals surface area contributed by atoms with Crippen molar-refractivity contribution in [1.82, 2.24) is 0 Å². The maximum atomic E-state index is 10.2. The highest BCUT2D eigenvalue weighted by Crippen LogP contribution is 2.24. The Balaban J connectivity index is 3.67. The molecule has 2 N–H and O–H groups in total. The first-order valence-corrected chi connectivity index (χ1v) is 4.40. The monoisotopic (exact) mass is 369 g/mol. The average molecular weight is 369 g/mol. The van der Waals surface area contributed by atoms with E-state index >= 15 is 0 Å². The molecule has 0 aliphatic rings. The second-order valence-corrected chi connectivity index (χ2v) is 7.40. The molecule has 0 aromatic rings. The Kier molecular flexibility index (Phi) is 4.49. The number of alkyl halides is 2. The summed E-state index contributed by atoms with van der Waals surface area (Å²) in [5, 5.41) is 0. The van der Waals surface area contributed by atoms with Crippen molar-refractivity contribution in [3.05, 3.63) is 0 Å². The first kappa shape index (κ1) is 10.4. The van der Waals surface area contributed by atoms with Crippen LogP contribution >= 0.6 is 45.2 Å². The Hall–Kier alpha value is 0.400. The fraction of sp³-hybridized carbons (Fsp3) is 0.500. The van der Waals surface area contributed by atoms with Crippen molar-refractivity contribution in [3.63, 3.8) is 0 Å². The molecular weight excluding hydrogens is 364 g/mol. The topological polar surface area (TPSA) is 69.4 Å². The van der Waals surface area contributed by atoms with Gasteiger partial charge in [0.25, 0.3) is 0 Å². The van der Waals surface area contributed by atoms with Gasteiger partial charge in [-0.1, -0.05) is 45.2 Å². The molecule has 0 unspecified atom stereocenters. The van der Waals surface area contributed by atoms with Crippen LogP contribution in [0.5, 0.6) is 0 Å². The van der Waals surface area contributed by atoms with E-state index in [4.69, 9.17) is 0 Å². The Morgan fingerprint density at radius 3 is 2.50 bits per heavy atom. The summed E-state index contributed by atoms with van der Waals surface area (Å²) in [4.78, 5) is 20.2. The summed E-state index contributed by atoms with van der Waals surface area (Å²) in [6.45, 7) is 0.00690. The lowest BCUT2D eigenvalue weighted by molar-refractivity contribution is -0.107. The van der Waals surface area contributed by atoms with Gasteiger partial charge in [-0.2, -0.15) is 0 Å². The molecule has 1 amide bonds. The van der Waals surface area contributed by atoms with E-state index in [9.17, 15) is 9.59 Å². The Bertz CT molecular complexity index is 147. The Morgan fingerprint density at radius 1 is 1.70 bits per heavy atom. The maximum absolute atomic E-state index is 10.2. The number of halogens is 2. The van der Waals surface area contributed by atoms with Crippen LogP contribution in [0.1, 0.15) is 0 Å². The molecule has 0 saturated carbocycles. The SMILES string of the molecule is NC(=O)OCC(I)(I)C=O. The van der Waals surface area contributed by atoms with Gasteiger partial charge in [0.05, 0.1) is 0 Å².